The Morgan fingerprint density at radius 2 is 2.09 bits per heavy atom. The van der Waals surface area contributed by atoms with E-state index < -0.39 is 0 Å². The zero-order valence-electron chi connectivity index (χ0n) is 12.9. The first-order valence-corrected chi connectivity index (χ1v) is 8.02. The minimum atomic E-state index is -0.321. The second-order valence-corrected chi connectivity index (χ2v) is 6.54. The molecular formula is C16H20N2O3S. The van der Waals surface area contributed by atoms with Crippen LogP contribution in [0.4, 0.5) is 5.00 Å². The lowest BCUT2D eigenvalue weighted by Gasteiger charge is -2.06. The molecule has 0 aliphatic carbocycles. The van der Waals surface area contributed by atoms with Crippen molar-refractivity contribution in [3.8, 4) is 0 Å². The summed E-state index contributed by atoms with van der Waals surface area (Å²) in [7, 11) is 0. The summed E-state index contributed by atoms with van der Waals surface area (Å²) < 4.78 is 5.04. The molecule has 0 bridgehead atoms. The molecule has 22 heavy (non-hydrogen) atoms. The number of amides is 2. The average molecular weight is 320 g/mol. The van der Waals surface area contributed by atoms with Crippen LogP contribution >= 0.6 is 11.3 Å². The van der Waals surface area contributed by atoms with Gasteiger partial charge in [-0.15, -0.1) is 11.3 Å². The van der Waals surface area contributed by atoms with E-state index in [0.717, 1.165) is 12.0 Å². The quantitative estimate of drug-likeness (QED) is 0.853. The van der Waals surface area contributed by atoms with E-state index in [4.69, 9.17) is 4.42 Å². The standard InChI is InChI=1S/C16H20N2O3S/c1-10(2)6-7-17-16(20)14-11(3)9-13(22-14)18-15(19)12-5-4-8-21-12/h4-5,8-10H,6-7H2,1-3H3,(H,17,20)(H,18,19). The molecular weight excluding hydrogens is 300 g/mol. The Labute approximate surface area is 133 Å². The lowest BCUT2D eigenvalue weighted by Crippen LogP contribution is -2.25. The van der Waals surface area contributed by atoms with Crippen LogP contribution in [-0.2, 0) is 0 Å². The number of nitrogens with one attached hydrogen (secondary N) is 2. The van der Waals surface area contributed by atoms with E-state index in [2.05, 4.69) is 24.5 Å². The van der Waals surface area contributed by atoms with Gasteiger partial charge in [0.25, 0.3) is 11.8 Å². The number of aryl methyl sites for hydroxylation is 1. The van der Waals surface area contributed by atoms with Crippen molar-refractivity contribution in [3.63, 3.8) is 0 Å². The van der Waals surface area contributed by atoms with Gasteiger partial charge < -0.3 is 15.1 Å². The topological polar surface area (TPSA) is 71.3 Å². The fourth-order valence-corrected chi connectivity index (χ4v) is 2.89. The number of furan rings is 1. The van der Waals surface area contributed by atoms with Crippen molar-refractivity contribution in [1.29, 1.82) is 0 Å². The van der Waals surface area contributed by atoms with Gasteiger partial charge in [-0.3, -0.25) is 9.59 Å². The van der Waals surface area contributed by atoms with Crippen molar-refractivity contribution in [1.82, 2.24) is 5.32 Å². The number of rotatable bonds is 6. The van der Waals surface area contributed by atoms with Crippen molar-refractivity contribution in [2.24, 2.45) is 5.92 Å². The third-order valence-electron chi connectivity index (χ3n) is 3.11. The third-order valence-corrected chi connectivity index (χ3v) is 4.26. The van der Waals surface area contributed by atoms with E-state index >= 15 is 0 Å². The number of thiophene rings is 1. The first-order valence-electron chi connectivity index (χ1n) is 7.21. The zero-order valence-corrected chi connectivity index (χ0v) is 13.8. The first kappa shape index (κ1) is 16.3. The number of hydrogen-bond donors (Lipinski definition) is 2. The molecule has 2 aromatic rings. The predicted molar refractivity (Wildman–Crippen MR) is 87.5 cm³/mol. The van der Waals surface area contributed by atoms with Gasteiger partial charge in [0, 0.05) is 6.54 Å². The first-order chi connectivity index (χ1) is 10.5. The Hall–Kier alpha value is -2.08. The molecule has 0 saturated heterocycles. The molecule has 0 unspecified atom stereocenters. The number of hydrogen-bond acceptors (Lipinski definition) is 4. The van der Waals surface area contributed by atoms with Gasteiger partial charge in [0.05, 0.1) is 16.1 Å². The Kier molecular flexibility index (Phi) is 5.38. The summed E-state index contributed by atoms with van der Waals surface area (Å²) in [6.45, 7) is 6.74. The molecule has 6 heteroatoms. The van der Waals surface area contributed by atoms with Crippen LogP contribution in [0.2, 0.25) is 0 Å². The Bertz CT molecular complexity index is 644. The number of anilines is 1. The second kappa shape index (κ2) is 7.26. The summed E-state index contributed by atoms with van der Waals surface area (Å²) in [6.07, 6.45) is 2.39. The Morgan fingerprint density at radius 1 is 1.32 bits per heavy atom. The van der Waals surface area contributed by atoms with Gasteiger partial charge in [0.2, 0.25) is 0 Å². The molecule has 2 amide bonds. The highest BCUT2D eigenvalue weighted by Gasteiger charge is 2.16. The number of carbonyl (C=O) groups is 2. The van der Waals surface area contributed by atoms with Crippen LogP contribution < -0.4 is 10.6 Å². The molecule has 2 heterocycles. The van der Waals surface area contributed by atoms with Crippen molar-refractivity contribution in [2.45, 2.75) is 27.2 Å². The van der Waals surface area contributed by atoms with Crippen molar-refractivity contribution >= 4 is 28.2 Å². The lowest BCUT2D eigenvalue weighted by atomic mass is 10.1. The maximum absolute atomic E-state index is 12.1. The molecule has 118 valence electrons. The van der Waals surface area contributed by atoms with E-state index in [1.165, 1.54) is 17.6 Å². The third kappa shape index (κ3) is 4.21. The second-order valence-electron chi connectivity index (χ2n) is 5.49. The van der Waals surface area contributed by atoms with E-state index in [9.17, 15) is 9.59 Å². The van der Waals surface area contributed by atoms with E-state index in [0.29, 0.717) is 22.3 Å². The number of carbonyl (C=O) groups excluding carboxylic acids is 2. The molecule has 0 saturated carbocycles. The fraction of sp³-hybridized carbons (Fsp3) is 0.375. The monoisotopic (exact) mass is 320 g/mol. The Balaban J connectivity index is 1.98. The van der Waals surface area contributed by atoms with Gasteiger partial charge in [-0.2, -0.15) is 0 Å². The normalized spacial score (nSPS) is 10.7. The molecule has 2 aromatic heterocycles. The zero-order chi connectivity index (χ0) is 16.1. The highest BCUT2D eigenvalue weighted by atomic mass is 32.1. The molecule has 0 aromatic carbocycles. The summed E-state index contributed by atoms with van der Waals surface area (Å²) in [5.74, 6) is 0.376. The van der Waals surface area contributed by atoms with Gasteiger partial charge in [-0.25, -0.2) is 0 Å². The van der Waals surface area contributed by atoms with Gasteiger partial charge >= 0.3 is 0 Å². The van der Waals surface area contributed by atoms with Crippen molar-refractivity contribution in [3.05, 3.63) is 40.7 Å². The van der Waals surface area contributed by atoms with Crippen LogP contribution in [0.1, 0.15) is 46.1 Å². The van der Waals surface area contributed by atoms with Crippen LogP contribution in [0, 0.1) is 12.8 Å². The van der Waals surface area contributed by atoms with E-state index in [1.54, 1.807) is 18.2 Å². The maximum atomic E-state index is 12.1. The highest BCUT2D eigenvalue weighted by Crippen LogP contribution is 2.27. The fourth-order valence-electron chi connectivity index (χ4n) is 1.91. The average Bonchev–Trinajstić information content (AvgIpc) is 3.07. The van der Waals surface area contributed by atoms with Gasteiger partial charge in [-0.1, -0.05) is 13.8 Å². The molecule has 0 fully saturated rings. The minimum Gasteiger partial charge on any atom is -0.459 e. The SMILES string of the molecule is Cc1cc(NC(=O)c2ccco2)sc1C(=O)NCCC(C)C. The lowest BCUT2D eigenvalue weighted by molar-refractivity contribution is 0.0954. The smallest absolute Gasteiger partial charge is 0.291 e. The summed E-state index contributed by atoms with van der Waals surface area (Å²) in [4.78, 5) is 24.7. The molecule has 0 spiro atoms. The van der Waals surface area contributed by atoms with E-state index in [-0.39, 0.29) is 17.6 Å². The summed E-state index contributed by atoms with van der Waals surface area (Å²) >= 11 is 1.27. The Morgan fingerprint density at radius 3 is 2.73 bits per heavy atom. The van der Waals surface area contributed by atoms with Gasteiger partial charge in [0.1, 0.15) is 0 Å². The van der Waals surface area contributed by atoms with E-state index in [1.807, 2.05) is 6.92 Å². The molecule has 5 nitrogen and oxygen atoms in total. The highest BCUT2D eigenvalue weighted by molar-refractivity contribution is 7.18. The minimum absolute atomic E-state index is 0.0957. The predicted octanol–water partition coefficient (Wildman–Crippen LogP) is 3.68. The summed E-state index contributed by atoms with van der Waals surface area (Å²) in [6, 6.07) is 5.04. The molecule has 0 radical (unpaired) electrons. The van der Waals surface area contributed by atoms with Gasteiger partial charge in [-0.05, 0) is 43.0 Å². The van der Waals surface area contributed by atoms with Crippen LogP contribution in [0.5, 0.6) is 0 Å². The largest absolute Gasteiger partial charge is 0.459 e. The van der Waals surface area contributed by atoms with Crippen LogP contribution in [0.25, 0.3) is 0 Å². The molecule has 0 aliphatic rings. The van der Waals surface area contributed by atoms with Gasteiger partial charge in [0.15, 0.2) is 5.76 Å². The molecule has 0 atom stereocenters. The molecule has 2 N–H and O–H groups in total. The van der Waals surface area contributed by atoms with Crippen molar-refractivity contribution < 1.29 is 14.0 Å². The van der Waals surface area contributed by atoms with Crippen LogP contribution in [0.15, 0.2) is 28.9 Å². The summed E-state index contributed by atoms with van der Waals surface area (Å²) in [5.41, 5.74) is 0.849. The van der Waals surface area contributed by atoms with Crippen LogP contribution in [0.3, 0.4) is 0 Å². The van der Waals surface area contributed by atoms with Crippen LogP contribution in [-0.4, -0.2) is 18.4 Å². The maximum Gasteiger partial charge on any atom is 0.291 e. The van der Waals surface area contributed by atoms with Crippen molar-refractivity contribution in [2.75, 3.05) is 11.9 Å². The molecule has 0 aliphatic heterocycles. The summed E-state index contributed by atoms with van der Waals surface area (Å²) in [5, 5.41) is 6.28. The molecule has 2 rings (SSSR count).